The molecule has 0 bridgehead atoms. The van der Waals surface area contributed by atoms with Crippen LogP contribution < -0.4 is 5.32 Å². The lowest BCUT2D eigenvalue weighted by Gasteiger charge is -1.98. The number of nitrogens with zero attached hydrogens (tertiary/aromatic N) is 5. The van der Waals surface area contributed by atoms with Gasteiger partial charge in [-0.05, 0) is 12.1 Å². The highest BCUT2D eigenvalue weighted by molar-refractivity contribution is 7.15. The van der Waals surface area contributed by atoms with Crippen LogP contribution >= 0.6 is 11.3 Å². The monoisotopic (exact) mass is 314 g/mol. The second-order valence-electron chi connectivity index (χ2n) is 4.91. The lowest BCUT2D eigenvalue weighted by Crippen LogP contribution is -2.13. The van der Waals surface area contributed by atoms with Crippen molar-refractivity contribution < 1.29 is 4.79 Å². The molecule has 0 unspecified atom stereocenters. The molecule has 1 aromatic carbocycles. The van der Waals surface area contributed by atoms with Gasteiger partial charge in [-0.3, -0.25) is 10.1 Å². The van der Waals surface area contributed by atoms with Gasteiger partial charge in [0.25, 0.3) is 5.91 Å². The van der Waals surface area contributed by atoms with Gasteiger partial charge in [-0.2, -0.15) is 9.90 Å². The van der Waals surface area contributed by atoms with Crippen LogP contribution in [0.4, 0.5) is 5.13 Å². The number of amides is 1. The van der Waals surface area contributed by atoms with Crippen molar-refractivity contribution in [2.45, 2.75) is 19.8 Å². The molecule has 0 atom stereocenters. The van der Waals surface area contributed by atoms with Crippen LogP contribution in [0.5, 0.6) is 0 Å². The summed E-state index contributed by atoms with van der Waals surface area (Å²) in [5, 5.41) is 20.3. The molecule has 7 nitrogen and oxygen atoms in total. The third-order valence-corrected chi connectivity index (χ3v) is 4.01. The lowest BCUT2D eigenvalue weighted by atomic mass is 10.2. The molecule has 2 aromatic heterocycles. The van der Waals surface area contributed by atoms with E-state index in [-0.39, 0.29) is 17.5 Å². The fourth-order valence-corrected chi connectivity index (χ4v) is 2.47. The van der Waals surface area contributed by atoms with Crippen LogP contribution in [0, 0.1) is 0 Å². The van der Waals surface area contributed by atoms with Crippen LogP contribution in [-0.4, -0.2) is 31.1 Å². The Kier molecular flexibility index (Phi) is 3.92. The van der Waals surface area contributed by atoms with Crippen molar-refractivity contribution in [2.24, 2.45) is 0 Å². The largest absolute Gasteiger partial charge is 0.295 e. The summed E-state index contributed by atoms with van der Waals surface area (Å²) in [5.74, 6) is -0.0734. The minimum absolute atomic E-state index is 0.227. The summed E-state index contributed by atoms with van der Waals surface area (Å²) in [6.07, 6.45) is 1.42. The Bertz CT molecular complexity index is 779. The Morgan fingerprint density at radius 1 is 1.23 bits per heavy atom. The number of hydrogen-bond acceptors (Lipinski definition) is 6. The maximum absolute atomic E-state index is 12.1. The van der Waals surface area contributed by atoms with Crippen LogP contribution in [0.2, 0.25) is 0 Å². The molecule has 2 heterocycles. The number of rotatable bonds is 4. The molecule has 112 valence electrons. The van der Waals surface area contributed by atoms with Crippen molar-refractivity contribution in [1.29, 1.82) is 0 Å². The van der Waals surface area contributed by atoms with Gasteiger partial charge >= 0.3 is 0 Å². The van der Waals surface area contributed by atoms with Crippen molar-refractivity contribution in [3.05, 3.63) is 47.2 Å². The third-order valence-electron chi connectivity index (χ3n) is 2.87. The molecular formula is C14H14N6OS. The zero-order valence-electron chi connectivity index (χ0n) is 12.1. The summed E-state index contributed by atoms with van der Waals surface area (Å²) < 4.78 is 0. The van der Waals surface area contributed by atoms with E-state index in [1.54, 1.807) is 0 Å². The first-order chi connectivity index (χ1) is 10.6. The molecule has 0 aliphatic carbocycles. The summed E-state index contributed by atoms with van der Waals surface area (Å²) in [5.41, 5.74) is 1.02. The molecule has 3 rings (SSSR count). The number of nitrogens with one attached hydrogen (secondary N) is 1. The molecule has 3 aromatic rings. The lowest BCUT2D eigenvalue weighted by molar-refractivity contribution is 0.102. The predicted octanol–water partition coefficient (Wildman–Crippen LogP) is 2.49. The molecule has 1 amide bonds. The first-order valence-corrected chi connectivity index (χ1v) is 7.57. The van der Waals surface area contributed by atoms with Crippen LogP contribution in [0.25, 0.3) is 5.69 Å². The minimum Gasteiger partial charge on any atom is -0.295 e. The van der Waals surface area contributed by atoms with Crippen LogP contribution in [0.15, 0.2) is 36.5 Å². The molecule has 8 heteroatoms. The van der Waals surface area contributed by atoms with E-state index in [1.165, 1.54) is 22.3 Å². The number of para-hydroxylation sites is 1. The van der Waals surface area contributed by atoms with E-state index in [0.717, 1.165) is 10.7 Å². The molecule has 0 spiro atoms. The topological polar surface area (TPSA) is 85.6 Å². The standard InChI is InChI=1S/C14H14N6OS/c1-9(2)13-17-18-14(22-13)16-12(21)11-8-15-20(19-11)10-6-4-3-5-7-10/h3-9H,1-2H3,(H,16,18,21). The Hall–Kier alpha value is -2.61. The van der Waals surface area contributed by atoms with Crippen LogP contribution in [0.3, 0.4) is 0 Å². The average molecular weight is 314 g/mol. The molecule has 22 heavy (non-hydrogen) atoms. The van der Waals surface area contributed by atoms with Crippen molar-refractivity contribution in [3.63, 3.8) is 0 Å². The van der Waals surface area contributed by atoms with Crippen molar-refractivity contribution >= 4 is 22.4 Å². The molecule has 1 N–H and O–H groups in total. The zero-order valence-corrected chi connectivity index (χ0v) is 12.9. The van der Waals surface area contributed by atoms with E-state index >= 15 is 0 Å². The third kappa shape index (κ3) is 3.01. The van der Waals surface area contributed by atoms with E-state index in [4.69, 9.17) is 0 Å². The van der Waals surface area contributed by atoms with E-state index < -0.39 is 0 Å². The molecular weight excluding hydrogens is 300 g/mol. The second-order valence-corrected chi connectivity index (χ2v) is 5.92. The number of benzene rings is 1. The van der Waals surface area contributed by atoms with Crippen LogP contribution in [0.1, 0.15) is 35.3 Å². The van der Waals surface area contributed by atoms with E-state index in [2.05, 4.69) is 25.7 Å². The van der Waals surface area contributed by atoms with Gasteiger partial charge in [0, 0.05) is 5.92 Å². The molecule has 0 saturated heterocycles. The summed E-state index contributed by atoms with van der Waals surface area (Å²) in [7, 11) is 0. The molecule has 0 saturated carbocycles. The Morgan fingerprint density at radius 2 is 2.00 bits per heavy atom. The quantitative estimate of drug-likeness (QED) is 0.799. The highest BCUT2D eigenvalue weighted by Crippen LogP contribution is 2.22. The summed E-state index contributed by atoms with van der Waals surface area (Å²) in [6, 6.07) is 9.39. The summed E-state index contributed by atoms with van der Waals surface area (Å²) in [6.45, 7) is 4.05. The SMILES string of the molecule is CC(C)c1nnc(NC(=O)c2cnn(-c3ccccc3)n2)s1. The fourth-order valence-electron chi connectivity index (χ4n) is 1.73. The number of carbonyl (C=O) groups excluding carboxylic acids is 1. The van der Waals surface area contributed by atoms with Gasteiger partial charge in [-0.25, -0.2) is 0 Å². The van der Waals surface area contributed by atoms with Gasteiger partial charge in [-0.15, -0.1) is 15.3 Å². The van der Waals surface area contributed by atoms with E-state index in [1.807, 2.05) is 44.2 Å². The Morgan fingerprint density at radius 3 is 2.68 bits per heavy atom. The highest BCUT2D eigenvalue weighted by atomic mass is 32.1. The smallest absolute Gasteiger partial charge is 0.279 e. The second kappa shape index (κ2) is 6.02. The number of hydrogen-bond donors (Lipinski definition) is 1. The normalized spacial score (nSPS) is 10.9. The van der Waals surface area contributed by atoms with Gasteiger partial charge < -0.3 is 0 Å². The average Bonchev–Trinajstić information content (AvgIpc) is 3.17. The summed E-state index contributed by atoms with van der Waals surface area (Å²) in [4.78, 5) is 13.6. The predicted molar refractivity (Wildman–Crippen MR) is 83.3 cm³/mol. The van der Waals surface area contributed by atoms with Crippen molar-refractivity contribution in [2.75, 3.05) is 5.32 Å². The first kappa shape index (κ1) is 14.3. The Balaban J connectivity index is 1.74. The van der Waals surface area contributed by atoms with E-state index in [0.29, 0.717) is 5.13 Å². The first-order valence-electron chi connectivity index (χ1n) is 6.76. The molecule has 0 aliphatic rings. The molecule has 0 fully saturated rings. The van der Waals surface area contributed by atoms with Crippen molar-refractivity contribution in [3.8, 4) is 5.69 Å². The minimum atomic E-state index is -0.353. The zero-order chi connectivity index (χ0) is 15.5. The fraction of sp³-hybridized carbons (Fsp3) is 0.214. The van der Waals surface area contributed by atoms with E-state index in [9.17, 15) is 4.79 Å². The maximum atomic E-state index is 12.1. The Labute approximate surface area is 131 Å². The van der Waals surface area contributed by atoms with Crippen LogP contribution in [-0.2, 0) is 0 Å². The van der Waals surface area contributed by atoms with Gasteiger partial charge in [0.15, 0.2) is 5.69 Å². The number of carbonyl (C=O) groups is 1. The maximum Gasteiger partial charge on any atom is 0.279 e. The van der Waals surface area contributed by atoms with Gasteiger partial charge in [-0.1, -0.05) is 43.4 Å². The number of aromatic nitrogens is 5. The van der Waals surface area contributed by atoms with Crippen molar-refractivity contribution in [1.82, 2.24) is 25.2 Å². The number of anilines is 1. The highest BCUT2D eigenvalue weighted by Gasteiger charge is 2.15. The summed E-state index contributed by atoms with van der Waals surface area (Å²) >= 11 is 1.36. The van der Waals surface area contributed by atoms with Gasteiger partial charge in [0.1, 0.15) is 5.01 Å². The molecule has 0 radical (unpaired) electrons. The van der Waals surface area contributed by atoms with Gasteiger partial charge in [0.05, 0.1) is 11.9 Å². The van der Waals surface area contributed by atoms with Gasteiger partial charge in [0.2, 0.25) is 5.13 Å². The molecule has 0 aliphatic heterocycles.